The minimum absolute atomic E-state index is 0. The van der Waals surface area contributed by atoms with Gasteiger partial charge in [-0.1, -0.05) is 23.8 Å². The Bertz CT molecular complexity index is 366. The highest BCUT2D eigenvalue weighted by molar-refractivity contribution is 5.85. The Morgan fingerprint density at radius 1 is 1.44 bits per heavy atom. The molecule has 4 heteroatoms. The van der Waals surface area contributed by atoms with Crippen molar-refractivity contribution in [1.29, 1.82) is 0 Å². The van der Waals surface area contributed by atoms with Crippen molar-refractivity contribution in [2.24, 2.45) is 5.73 Å². The Hall–Kier alpha value is -1.06. The summed E-state index contributed by atoms with van der Waals surface area (Å²) in [6.45, 7) is 4.00. The van der Waals surface area contributed by atoms with Crippen LogP contribution in [0.3, 0.4) is 0 Å². The molecule has 90 valence electrons. The quantitative estimate of drug-likeness (QED) is 0.829. The number of halogens is 1. The van der Waals surface area contributed by atoms with Crippen molar-refractivity contribution in [3.8, 4) is 0 Å². The summed E-state index contributed by atoms with van der Waals surface area (Å²) >= 11 is 0. The molecule has 0 heterocycles. The van der Waals surface area contributed by atoms with Crippen LogP contribution in [0.1, 0.15) is 29.2 Å². The van der Waals surface area contributed by atoms with Crippen LogP contribution in [-0.4, -0.2) is 13.1 Å². The maximum absolute atomic E-state index is 11.1. The number of rotatable bonds is 3. The molecule has 0 aromatic heterocycles. The van der Waals surface area contributed by atoms with Crippen LogP contribution in [0.15, 0.2) is 18.2 Å². The molecule has 0 saturated heterocycles. The normalized spacial score (nSPS) is 11.5. The molecule has 16 heavy (non-hydrogen) atoms. The van der Waals surface area contributed by atoms with Crippen LogP contribution < -0.4 is 5.73 Å². The van der Waals surface area contributed by atoms with E-state index >= 15 is 0 Å². The monoisotopic (exact) mass is 243 g/mol. The predicted molar refractivity (Wildman–Crippen MR) is 66.7 cm³/mol. The molecule has 0 fully saturated rings. The summed E-state index contributed by atoms with van der Waals surface area (Å²) in [6, 6.07) is 5.78. The average Bonchev–Trinajstić information content (AvgIpc) is 2.21. The van der Waals surface area contributed by atoms with Crippen molar-refractivity contribution < 1.29 is 9.53 Å². The summed E-state index contributed by atoms with van der Waals surface area (Å²) in [6.07, 6.45) is 0.223. The second-order valence-electron chi connectivity index (χ2n) is 3.75. The van der Waals surface area contributed by atoms with E-state index in [1.54, 1.807) is 0 Å². The molecule has 0 aliphatic carbocycles. The molecule has 0 aliphatic rings. The van der Waals surface area contributed by atoms with Crippen molar-refractivity contribution in [1.82, 2.24) is 0 Å². The lowest BCUT2D eigenvalue weighted by Gasteiger charge is -2.14. The number of carbonyl (C=O) groups is 1. The first-order valence-electron chi connectivity index (χ1n) is 4.94. The number of nitrogens with two attached hydrogens (primary N) is 1. The summed E-state index contributed by atoms with van der Waals surface area (Å²) in [4.78, 5) is 11.1. The molecule has 0 unspecified atom stereocenters. The second-order valence-corrected chi connectivity index (χ2v) is 3.75. The minimum Gasteiger partial charge on any atom is -0.469 e. The second kappa shape index (κ2) is 6.51. The molecule has 1 aromatic rings. The zero-order valence-electron chi connectivity index (χ0n) is 9.82. The number of aryl methyl sites for hydroxylation is 2. The standard InChI is InChI=1S/C12H17NO2.ClH/c1-8-4-5-9(2)10(6-8)11(13)7-12(14)15-3;/h4-6,11H,7,13H2,1-3H3;1H/t11-;/m1./s1. The molecular formula is C12H18ClNO2. The first-order valence-corrected chi connectivity index (χ1v) is 4.94. The smallest absolute Gasteiger partial charge is 0.307 e. The molecule has 0 bridgehead atoms. The number of hydrogen-bond donors (Lipinski definition) is 1. The number of ether oxygens (including phenoxy) is 1. The van der Waals surface area contributed by atoms with Gasteiger partial charge in [0, 0.05) is 6.04 Å². The zero-order chi connectivity index (χ0) is 11.4. The number of carbonyl (C=O) groups excluding carboxylic acids is 1. The molecule has 0 saturated carbocycles. The first kappa shape index (κ1) is 14.9. The fraction of sp³-hybridized carbons (Fsp3) is 0.417. The van der Waals surface area contributed by atoms with E-state index in [2.05, 4.69) is 4.74 Å². The SMILES string of the molecule is COC(=O)C[C@@H](N)c1cc(C)ccc1C.Cl. The Morgan fingerprint density at radius 3 is 2.62 bits per heavy atom. The van der Waals surface area contributed by atoms with Gasteiger partial charge in [0.15, 0.2) is 0 Å². The van der Waals surface area contributed by atoms with Gasteiger partial charge in [-0.2, -0.15) is 0 Å². The van der Waals surface area contributed by atoms with E-state index in [-0.39, 0.29) is 30.8 Å². The van der Waals surface area contributed by atoms with E-state index in [4.69, 9.17) is 5.73 Å². The Morgan fingerprint density at radius 2 is 2.06 bits per heavy atom. The lowest BCUT2D eigenvalue weighted by atomic mass is 9.97. The highest BCUT2D eigenvalue weighted by atomic mass is 35.5. The highest BCUT2D eigenvalue weighted by Crippen LogP contribution is 2.20. The maximum Gasteiger partial charge on any atom is 0.307 e. The summed E-state index contributed by atoms with van der Waals surface area (Å²) in [5.41, 5.74) is 9.21. The van der Waals surface area contributed by atoms with Gasteiger partial charge in [0.25, 0.3) is 0 Å². The summed E-state index contributed by atoms with van der Waals surface area (Å²) in [5, 5.41) is 0. The van der Waals surface area contributed by atoms with E-state index in [9.17, 15) is 4.79 Å². The third kappa shape index (κ3) is 3.83. The lowest BCUT2D eigenvalue weighted by Crippen LogP contribution is -2.17. The molecule has 3 nitrogen and oxygen atoms in total. The molecule has 0 amide bonds. The number of hydrogen-bond acceptors (Lipinski definition) is 3. The van der Waals surface area contributed by atoms with Gasteiger partial charge in [0.2, 0.25) is 0 Å². The average molecular weight is 244 g/mol. The molecule has 1 aromatic carbocycles. The van der Waals surface area contributed by atoms with Gasteiger partial charge < -0.3 is 10.5 Å². The van der Waals surface area contributed by atoms with Gasteiger partial charge in [-0.15, -0.1) is 12.4 Å². The Kier molecular flexibility index (Phi) is 6.08. The predicted octanol–water partition coefficient (Wildman–Crippen LogP) is 2.29. The summed E-state index contributed by atoms with van der Waals surface area (Å²) in [5.74, 6) is -0.275. The minimum atomic E-state index is -0.280. The molecule has 1 rings (SSSR count). The Balaban J connectivity index is 0.00000225. The van der Waals surface area contributed by atoms with Crippen LogP contribution in [0, 0.1) is 13.8 Å². The van der Waals surface area contributed by atoms with Gasteiger partial charge >= 0.3 is 5.97 Å². The topological polar surface area (TPSA) is 52.3 Å². The van der Waals surface area contributed by atoms with Crippen molar-refractivity contribution in [2.75, 3.05) is 7.11 Å². The van der Waals surface area contributed by atoms with Crippen molar-refractivity contribution in [3.05, 3.63) is 34.9 Å². The molecule has 0 radical (unpaired) electrons. The Labute approximate surface area is 102 Å². The van der Waals surface area contributed by atoms with Crippen LogP contribution in [0.5, 0.6) is 0 Å². The molecule has 2 N–H and O–H groups in total. The molecule has 0 aliphatic heterocycles. The third-order valence-electron chi connectivity index (χ3n) is 2.45. The van der Waals surface area contributed by atoms with Gasteiger partial charge in [-0.05, 0) is 25.0 Å². The highest BCUT2D eigenvalue weighted by Gasteiger charge is 2.13. The van der Waals surface area contributed by atoms with Crippen LogP contribution in [0.25, 0.3) is 0 Å². The number of methoxy groups -OCH3 is 1. The van der Waals surface area contributed by atoms with Gasteiger partial charge in [-0.3, -0.25) is 4.79 Å². The van der Waals surface area contributed by atoms with Gasteiger partial charge in [-0.25, -0.2) is 0 Å². The summed E-state index contributed by atoms with van der Waals surface area (Å²) in [7, 11) is 1.37. The fourth-order valence-corrected chi connectivity index (χ4v) is 1.53. The third-order valence-corrected chi connectivity index (χ3v) is 2.45. The van der Waals surface area contributed by atoms with Crippen molar-refractivity contribution >= 4 is 18.4 Å². The van der Waals surface area contributed by atoms with E-state index in [1.165, 1.54) is 7.11 Å². The molecule has 1 atom stereocenters. The van der Waals surface area contributed by atoms with E-state index in [1.807, 2.05) is 32.0 Å². The van der Waals surface area contributed by atoms with E-state index < -0.39 is 0 Å². The fourth-order valence-electron chi connectivity index (χ4n) is 1.53. The largest absolute Gasteiger partial charge is 0.469 e. The van der Waals surface area contributed by atoms with Gasteiger partial charge in [0.1, 0.15) is 0 Å². The lowest BCUT2D eigenvalue weighted by molar-refractivity contribution is -0.141. The van der Waals surface area contributed by atoms with E-state index in [0.29, 0.717) is 0 Å². The molecule has 0 spiro atoms. The molecular weight excluding hydrogens is 226 g/mol. The maximum atomic E-state index is 11.1. The van der Waals surface area contributed by atoms with Gasteiger partial charge in [0.05, 0.1) is 13.5 Å². The summed E-state index contributed by atoms with van der Waals surface area (Å²) < 4.78 is 4.59. The number of benzene rings is 1. The van der Waals surface area contributed by atoms with Crippen molar-refractivity contribution in [2.45, 2.75) is 26.3 Å². The van der Waals surface area contributed by atoms with Crippen LogP contribution in [0.4, 0.5) is 0 Å². The van der Waals surface area contributed by atoms with Crippen LogP contribution >= 0.6 is 12.4 Å². The number of esters is 1. The van der Waals surface area contributed by atoms with Crippen LogP contribution in [0.2, 0.25) is 0 Å². The zero-order valence-corrected chi connectivity index (χ0v) is 10.6. The van der Waals surface area contributed by atoms with Crippen molar-refractivity contribution in [3.63, 3.8) is 0 Å². The van der Waals surface area contributed by atoms with Crippen LogP contribution in [-0.2, 0) is 9.53 Å². The van der Waals surface area contributed by atoms with E-state index in [0.717, 1.165) is 16.7 Å². The first-order chi connectivity index (χ1) is 7.04.